The first-order chi connectivity index (χ1) is 8.08. The maximum atomic E-state index is 12.1. The molecular formula is C14H20N2O. The van der Waals surface area contributed by atoms with E-state index >= 15 is 0 Å². The van der Waals surface area contributed by atoms with Gasteiger partial charge in [0.25, 0.3) is 5.91 Å². The van der Waals surface area contributed by atoms with Gasteiger partial charge in [-0.15, -0.1) is 0 Å². The van der Waals surface area contributed by atoms with Crippen molar-refractivity contribution in [3.8, 4) is 0 Å². The number of carbonyl (C=O) groups excluding carboxylic acids is 1. The van der Waals surface area contributed by atoms with E-state index in [0.29, 0.717) is 17.2 Å². The number of carbonyl (C=O) groups is 1. The number of hydrogen-bond donors (Lipinski definition) is 2. The number of aryl methyl sites for hydroxylation is 1. The van der Waals surface area contributed by atoms with Crippen LogP contribution in [0.1, 0.15) is 42.1 Å². The molecular weight excluding hydrogens is 212 g/mol. The lowest BCUT2D eigenvalue weighted by molar-refractivity contribution is 0.0910. The lowest BCUT2D eigenvalue weighted by Crippen LogP contribution is -2.40. The Balaban J connectivity index is 2.05. The number of benzene rings is 1. The molecule has 17 heavy (non-hydrogen) atoms. The molecule has 92 valence electrons. The molecule has 0 radical (unpaired) electrons. The minimum absolute atomic E-state index is 0.0504. The first kappa shape index (κ1) is 12.0. The summed E-state index contributed by atoms with van der Waals surface area (Å²) >= 11 is 0. The molecule has 2 rings (SSSR count). The van der Waals surface area contributed by atoms with Gasteiger partial charge in [0.15, 0.2) is 0 Å². The Labute approximate surface area is 102 Å². The summed E-state index contributed by atoms with van der Waals surface area (Å²) in [6, 6.07) is 5.80. The van der Waals surface area contributed by atoms with E-state index in [-0.39, 0.29) is 11.9 Å². The summed E-state index contributed by atoms with van der Waals surface area (Å²) in [6.45, 7) is 4.04. The lowest BCUT2D eigenvalue weighted by Gasteiger charge is -2.32. The van der Waals surface area contributed by atoms with Crippen molar-refractivity contribution in [2.75, 3.05) is 5.73 Å². The van der Waals surface area contributed by atoms with Gasteiger partial charge < -0.3 is 11.1 Å². The molecule has 0 heterocycles. The SMILES string of the molecule is Cc1ccc(N)c(C(=O)NC(C)C2CCC2)c1. The van der Waals surface area contributed by atoms with Crippen molar-refractivity contribution in [1.82, 2.24) is 5.32 Å². The van der Waals surface area contributed by atoms with Crippen LogP contribution in [0.15, 0.2) is 18.2 Å². The van der Waals surface area contributed by atoms with Gasteiger partial charge >= 0.3 is 0 Å². The minimum atomic E-state index is -0.0504. The summed E-state index contributed by atoms with van der Waals surface area (Å²) in [4.78, 5) is 12.1. The van der Waals surface area contributed by atoms with Crippen LogP contribution in [0.5, 0.6) is 0 Å². The zero-order valence-corrected chi connectivity index (χ0v) is 10.5. The Morgan fingerprint density at radius 1 is 1.47 bits per heavy atom. The van der Waals surface area contributed by atoms with Crippen LogP contribution in [0.2, 0.25) is 0 Å². The maximum Gasteiger partial charge on any atom is 0.253 e. The first-order valence-electron chi connectivity index (χ1n) is 6.25. The number of anilines is 1. The molecule has 1 fully saturated rings. The zero-order valence-electron chi connectivity index (χ0n) is 10.5. The average molecular weight is 232 g/mol. The number of nitrogens with two attached hydrogens (primary N) is 1. The van der Waals surface area contributed by atoms with Crippen LogP contribution in [-0.2, 0) is 0 Å². The van der Waals surface area contributed by atoms with Gasteiger partial charge in [-0.2, -0.15) is 0 Å². The summed E-state index contributed by atoms with van der Waals surface area (Å²) in [7, 11) is 0. The smallest absolute Gasteiger partial charge is 0.253 e. The fraction of sp³-hybridized carbons (Fsp3) is 0.500. The molecule has 3 heteroatoms. The molecule has 1 aliphatic rings. The van der Waals surface area contributed by atoms with Crippen molar-refractivity contribution < 1.29 is 4.79 Å². The van der Waals surface area contributed by atoms with Crippen molar-refractivity contribution in [3.63, 3.8) is 0 Å². The van der Waals surface area contributed by atoms with Crippen LogP contribution < -0.4 is 11.1 Å². The molecule has 1 unspecified atom stereocenters. The van der Waals surface area contributed by atoms with E-state index in [9.17, 15) is 4.79 Å². The number of nitrogen functional groups attached to an aromatic ring is 1. The maximum absolute atomic E-state index is 12.1. The number of hydrogen-bond acceptors (Lipinski definition) is 2. The highest BCUT2D eigenvalue weighted by molar-refractivity contribution is 5.99. The largest absolute Gasteiger partial charge is 0.398 e. The van der Waals surface area contributed by atoms with Crippen LogP contribution in [0.4, 0.5) is 5.69 Å². The van der Waals surface area contributed by atoms with E-state index in [1.54, 1.807) is 6.07 Å². The van der Waals surface area contributed by atoms with E-state index in [1.165, 1.54) is 19.3 Å². The molecule has 1 aromatic rings. The Morgan fingerprint density at radius 3 is 2.76 bits per heavy atom. The van der Waals surface area contributed by atoms with Gasteiger partial charge in [0.2, 0.25) is 0 Å². The average Bonchev–Trinajstić information content (AvgIpc) is 2.18. The fourth-order valence-electron chi connectivity index (χ4n) is 2.21. The molecule has 0 saturated heterocycles. The molecule has 1 aliphatic carbocycles. The third-order valence-electron chi connectivity index (χ3n) is 3.67. The summed E-state index contributed by atoms with van der Waals surface area (Å²) in [5.74, 6) is 0.593. The molecule has 0 bridgehead atoms. The van der Waals surface area contributed by atoms with Crippen LogP contribution >= 0.6 is 0 Å². The monoisotopic (exact) mass is 232 g/mol. The molecule has 1 atom stereocenters. The Bertz CT molecular complexity index is 424. The predicted octanol–water partition coefficient (Wildman–Crippen LogP) is 2.50. The van der Waals surface area contributed by atoms with E-state index < -0.39 is 0 Å². The van der Waals surface area contributed by atoms with Crippen LogP contribution in [-0.4, -0.2) is 11.9 Å². The second-order valence-electron chi connectivity index (χ2n) is 5.04. The van der Waals surface area contributed by atoms with E-state index in [0.717, 1.165) is 5.56 Å². The zero-order chi connectivity index (χ0) is 12.4. The fourth-order valence-corrected chi connectivity index (χ4v) is 2.21. The summed E-state index contributed by atoms with van der Waals surface area (Å²) < 4.78 is 0. The van der Waals surface area contributed by atoms with Gasteiger partial charge in [-0.05, 0) is 44.7 Å². The van der Waals surface area contributed by atoms with Gasteiger partial charge in [0.1, 0.15) is 0 Å². The van der Waals surface area contributed by atoms with Crippen molar-refractivity contribution >= 4 is 11.6 Å². The van der Waals surface area contributed by atoms with Gasteiger partial charge in [-0.3, -0.25) is 4.79 Å². The Hall–Kier alpha value is -1.51. The summed E-state index contributed by atoms with van der Waals surface area (Å²) in [6.07, 6.45) is 3.74. The van der Waals surface area contributed by atoms with Crippen LogP contribution in [0.3, 0.4) is 0 Å². The van der Waals surface area contributed by atoms with Gasteiger partial charge in [-0.1, -0.05) is 18.1 Å². The lowest BCUT2D eigenvalue weighted by atomic mass is 9.80. The minimum Gasteiger partial charge on any atom is -0.398 e. The van der Waals surface area contributed by atoms with Crippen LogP contribution in [0, 0.1) is 12.8 Å². The second kappa shape index (κ2) is 4.78. The van der Waals surface area contributed by atoms with Gasteiger partial charge in [-0.25, -0.2) is 0 Å². The topological polar surface area (TPSA) is 55.1 Å². The highest BCUT2D eigenvalue weighted by Crippen LogP contribution is 2.29. The third-order valence-corrected chi connectivity index (χ3v) is 3.67. The molecule has 3 nitrogen and oxygen atoms in total. The summed E-state index contributed by atoms with van der Waals surface area (Å²) in [5.41, 5.74) is 8.03. The predicted molar refractivity (Wildman–Crippen MR) is 69.9 cm³/mol. The second-order valence-corrected chi connectivity index (χ2v) is 5.04. The highest BCUT2D eigenvalue weighted by atomic mass is 16.1. The summed E-state index contributed by atoms with van der Waals surface area (Å²) in [5, 5.41) is 3.05. The van der Waals surface area contributed by atoms with Crippen molar-refractivity contribution in [3.05, 3.63) is 29.3 Å². The van der Waals surface area contributed by atoms with Crippen LogP contribution in [0.25, 0.3) is 0 Å². The van der Waals surface area contributed by atoms with E-state index in [4.69, 9.17) is 5.73 Å². The van der Waals surface area contributed by atoms with E-state index in [1.807, 2.05) is 19.1 Å². The highest BCUT2D eigenvalue weighted by Gasteiger charge is 2.25. The van der Waals surface area contributed by atoms with Crippen molar-refractivity contribution in [1.29, 1.82) is 0 Å². The van der Waals surface area contributed by atoms with Gasteiger partial charge in [0.05, 0.1) is 5.56 Å². The Morgan fingerprint density at radius 2 is 2.18 bits per heavy atom. The standard InChI is InChI=1S/C14H20N2O/c1-9-6-7-13(15)12(8-9)14(17)16-10(2)11-4-3-5-11/h6-8,10-11H,3-5,15H2,1-2H3,(H,16,17). The molecule has 0 aromatic heterocycles. The molecule has 1 aromatic carbocycles. The Kier molecular flexibility index (Phi) is 3.36. The number of amides is 1. The number of nitrogens with one attached hydrogen (secondary N) is 1. The molecule has 1 saturated carbocycles. The molecule has 3 N–H and O–H groups in total. The quantitative estimate of drug-likeness (QED) is 0.787. The first-order valence-corrected chi connectivity index (χ1v) is 6.25. The molecule has 0 aliphatic heterocycles. The third kappa shape index (κ3) is 2.60. The number of rotatable bonds is 3. The van der Waals surface area contributed by atoms with Crippen molar-refractivity contribution in [2.24, 2.45) is 5.92 Å². The molecule has 1 amide bonds. The van der Waals surface area contributed by atoms with Gasteiger partial charge in [0, 0.05) is 11.7 Å². The normalized spacial score (nSPS) is 17.3. The molecule has 0 spiro atoms. The van der Waals surface area contributed by atoms with E-state index in [2.05, 4.69) is 12.2 Å². The van der Waals surface area contributed by atoms with Crippen molar-refractivity contribution in [2.45, 2.75) is 39.2 Å².